The molecule has 0 amide bonds. The first-order chi connectivity index (χ1) is 7.79. The molecular weight excluding hydrogens is 209 g/mol. The van der Waals surface area contributed by atoms with Crippen molar-refractivity contribution in [1.29, 1.82) is 0 Å². The number of nitrogens with one attached hydrogen (secondary N) is 2. The number of rotatable bonds is 3. The van der Waals surface area contributed by atoms with Crippen molar-refractivity contribution in [1.82, 2.24) is 15.0 Å². The number of anilines is 2. The second-order valence-corrected chi connectivity index (χ2v) is 3.80. The standard InChI is InChI=1S/C10H16FN5/c1-12-10-13-7-8(11)9(14-10)15-16-5-3-2-4-6-16/h7H,2-6H2,1H3,(H2,12,13,14,15). The molecule has 0 bridgehead atoms. The van der Waals surface area contributed by atoms with Gasteiger partial charge in [-0.25, -0.2) is 14.4 Å². The molecule has 2 heterocycles. The molecule has 6 heteroatoms. The predicted octanol–water partition coefficient (Wildman–Crippen LogP) is 1.47. The van der Waals surface area contributed by atoms with Crippen LogP contribution in [0.3, 0.4) is 0 Å². The molecule has 0 aliphatic carbocycles. The van der Waals surface area contributed by atoms with Crippen LogP contribution in [0.25, 0.3) is 0 Å². The second kappa shape index (κ2) is 5.07. The van der Waals surface area contributed by atoms with Crippen LogP contribution in [0.1, 0.15) is 19.3 Å². The third-order valence-electron chi connectivity index (χ3n) is 2.59. The number of hydrogen-bond donors (Lipinski definition) is 2. The molecule has 1 aliphatic rings. The third kappa shape index (κ3) is 2.57. The fraction of sp³-hybridized carbons (Fsp3) is 0.600. The number of piperidine rings is 1. The Morgan fingerprint density at radius 1 is 1.31 bits per heavy atom. The van der Waals surface area contributed by atoms with Crippen LogP contribution < -0.4 is 10.7 Å². The van der Waals surface area contributed by atoms with E-state index in [-0.39, 0.29) is 5.82 Å². The molecule has 2 rings (SSSR count). The van der Waals surface area contributed by atoms with Gasteiger partial charge >= 0.3 is 0 Å². The second-order valence-electron chi connectivity index (χ2n) is 3.80. The van der Waals surface area contributed by atoms with Gasteiger partial charge in [0.05, 0.1) is 6.20 Å². The van der Waals surface area contributed by atoms with E-state index >= 15 is 0 Å². The van der Waals surface area contributed by atoms with Crippen LogP contribution in [-0.2, 0) is 0 Å². The Morgan fingerprint density at radius 2 is 2.06 bits per heavy atom. The molecule has 1 aliphatic heterocycles. The summed E-state index contributed by atoms with van der Waals surface area (Å²) < 4.78 is 13.4. The minimum Gasteiger partial charge on any atom is -0.357 e. The largest absolute Gasteiger partial charge is 0.357 e. The molecule has 1 aromatic heterocycles. The van der Waals surface area contributed by atoms with Crippen LogP contribution in [0.2, 0.25) is 0 Å². The van der Waals surface area contributed by atoms with Crippen molar-refractivity contribution in [2.75, 3.05) is 30.9 Å². The SMILES string of the molecule is CNc1ncc(F)c(NN2CCCCC2)n1. The van der Waals surface area contributed by atoms with E-state index in [9.17, 15) is 4.39 Å². The Bertz CT molecular complexity index is 351. The summed E-state index contributed by atoms with van der Waals surface area (Å²) in [4.78, 5) is 7.83. The van der Waals surface area contributed by atoms with E-state index in [4.69, 9.17) is 0 Å². The molecule has 0 saturated carbocycles. The summed E-state index contributed by atoms with van der Waals surface area (Å²) >= 11 is 0. The van der Waals surface area contributed by atoms with Gasteiger partial charge in [-0.15, -0.1) is 0 Å². The van der Waals surface area contributed by atoms with Crippen molar-refractivity contribution < 1.29 is 4.39 Å². The van der Waals surface area contributed by atoms with E-state index in [1.807, 2.05) is 5.01 Å². The first-order valence-corrected chi connectivity index (χ1v) is 5.51. The summed E-state index contributed by atoms with van der Waals surface area (Å²) in [5.41, 5.74) is 2.99. The van der Waals surface area contributed by atoms with Gasteiger partial charge in [-0.3, -0.25) is 0 Å². The molecule has 0 unspecified atom stereocenters. The fourth-order valence-electron chi connectivity index (χ4n) is 1.72. The van der Waals surface area contributed by atoms with Gasteiger partial charge in [0.25, 0.3) is 0 Å². The highest BCUT2D eigenvalue weighted by Gasteiger charge is 2.13. The van der Waals surface area contributed by atoms with E-state index < -0.39 is 5.82 Å². The molecule has 1 saturated heterocycles. The van der Waals surface area contributed by atoms with Crippen LogP contribution in [0.4, 0.5) is 16.2 Å². The summed E-state index contributed by atoms with van der Waals surface area (Å²) in [5, 5.41) is 4.78. The average molecular weight is 225 g/mol. The Kier molecular flexibility index (Phi) is 3.51. The van der Waals surface area contributed by atoms with Gasteiger partial charge in [0, 0.05) is 20.1 Å². The molecule has 88 valence electrons. The van der Waals surface area contributed by atoms with Crippen molar-refractivity contribution >= 4 is 11.8 Å². The molecule has 0 atom stereocenters. The lowest BCUT2D eigenvalue weighted by Gasteiger charge is -2.27. The van der Waals surface area contributed by atoms with Crippen molar-refractivity contribution in [3.8, 4) is 0 Å². The van der Waals surface area contributed by atoms with Gasteiger partial charge < -0.3 is 10.7 Å². The van der Waals surface area contributed by atoms with Crippen molar-refractivity contribution in [2.45, 2.75) is 19.3 Å². The van der Waals surface area contributed by atoms with Gasteiger partial charge in [-0.2, -0.15) is 4.98 Å². The predicted molar refractivity (Wildman–Crippen MR) is 60.6 cm³/mol. The van der Waals surface area contributed by atoms with E-state index in [0.29, 0.717) is 5.95 Å². The molecule has 16 heavy (non-hydrogen) atoms. The lowest BCUT2D eigenvalue weighted by atomic mass is 10.2. The zero-order valence-corrected chi connectivity index (χ0v) is 9.33. The molecule has 0 aromatic carbocycles. The quantitative estimate of drug-likeness (QED) is 0.816. The number of hydrogen-bond acceptors (Lipinski definition) is 5. The van der Waals surface area contributed by atoms with Crippen LogP contribution in [-0.4, -0.2) is 35.1 Å². The number of hydrazine groups is 1. The summed E-state index contributed by atoms with van der Waals surface area (Å²) in [6.07, 6.45) is 4.69. The zero-order valence-electron chi connectivity index (χ0n) is 9.33. The Labute approximate surface area is 94.0 Å². The third-order valence-corrected chi connectivity index (χ3v) is 2.59. The molecule has 1 fully saturated rings. The minimum absolute atomic E-state index is 0.237. The van der Waals surface area contributed by atoms with Gasteiger partial charge in [0.15, 0.2) is 11.6 Å². The maximum absolute atomic E-state index is 13.4. The van der Waals surface area contributed by atoms with E-state index in [2.05, 4.69) is 20.7 Å². The highest BCUT2D eigenvalue weighted by atomic mass is 19.1. The Morgan fingerprint density at radius 3 is 2.75 bits per heavy atom. The van der Waals surface area contributed by atoms with Crippen LogP contribution in [0, 0.1) is 5.82 Å². The van der Waals surface area contributed by atoms with Crippen LogP contribution in [0.15, 0.2) is 6.20 Å². The van der Waals surface area contributed by atoms with Crippen molar-refractivity contribution in [3.63, 3.8) is 0 Å². The van der Waals surface area contributed by atoms with Crippen LogP contribution >= 0.6 is 0 Å². The first kappa shape index (κ1) is 11.1. The molecule has 5 nitrogen and oxygen atoms in total. The zero-order chi connectivity index (χ0) is 11.4. The normalized spacial score (nSPS) is 17.1. The molecule has 2 N–H and O–H groups in total. The van der Waals surface area contributed by atoms with Gasteiger partial charge in [0.1, 0.15) is 0 Å². The monoisotopic (exact) mass is 225 g/mol. The maximum atomic E-state index is 13.4. The topological polar surface area (TPSA) is 53.1 Å². The number of aromatic nitrogens is 2. The van der Waals surface area contributed by atoms with Gasteiger partial charge in [0.2, 0.25) is 5.95 Å². The number of nitrogens with zero attached hydrogens (tertiary/aromatic N) is 3. The summed E-state index contributed by atoms with van der Waals surface area (Å²) in [5.74, 6) is 0.228. The van der Waals surface area contributed by atoms with E-state index in [1.165, 1.54) is 12.6 Å². The van der Waals surface area contributed by atoms with E-state index in [1.54, 1.807) is 7.05 Å². The highest BCUT2D eigenvalue weighted by Crippen LogP contribution is 2.15. The molecule has 1 aromatic rings. The van der Waals surface area contributed by atoms with Gasteiger partial charge in [-0.05, 0) is 12.8 Å². The first-order valence-electron chi connectivity index (χ1n) is 5.51. The smallest absolute Gasteiger partial charge is 0.224 e. The minimum atomic E-state index is -0.426. The molecular formula is C10H16FN5. The number of halogens is 1. The highest BCUT2D eigenvalue weighted by molar-refractivity contribution is 5.39. The lowest BCUT2D eigenvalue weighted by Crippen LogP contribution is -2.35. The average Bonchev–Trinajstić information content (AvgIpc) is 2.33. The molecule has 0 radical (unpaired) electrons. The van der Waals surface area contributed by atoms with Crippen molar-refractivity contribution in [3.05, 3.63) is 12.0 Å². The molecule has 0 spiro atoms. The summed E-state index contributed by atoms with van der Waals surface area (Å²) in [7, 11) is 1.71. The summed E-state index contributed by atoms with van der Waals surface area (Å²) in [6, 6.07) is 0. The van der Waals surface area contributed by atoms with Gasteiger partial charge in [-0.1, -0.05) is 6.42 Å². The summed E-state index contributed by atoms with van der Waals surface area (Å²) in [6.45, 7) is 1.86. The van der Waals surface area contributed by atoms with Crippen molar-refractivity contribution in [2.24, 2.45) is 0 Å². The Balaban J connectivity index is 2.06. The lowest BCUT2D eigenvalue weighted by molar-refractivity contribution is 0.270. The van der Waals surface area contributed by atoms with Crippen LogP contribution in [0.5, 0.6) is 0 Å². The maximum Gasteiger partial charge on any atom is 0.224 e. The Hall–Kier alpha value is -1.43. The van der Waals surface area contributed by atoms with E-state index in [0.717, 1.165) is 25.9 Å². The fourth-order valence-corrected chi connectivity index (χ4v) is 1.72.